The molecule has 0 aliphatic heterocycles. The van der Waals surface area contributed by atoms with E-state index < -0.39 is 0 Å². The Kier molecular flexibility index (Phi) is 2.99. The number of hydrogen-bond donors (Lipinski definition) is 1. The van der Waals surface area contributed by atoms with E-state index >= 15 is 0 Å². The number of aromatic nitrogens is 2. The maximum Gasteiger partial charge on any atom is 0.222 e. The summed E-state index contributed by atoms with van der Waals surface area (Å²) in [5.41, 5.74) is 1.03. The van der Waals surface area contributed by atoms with Crippen molar-refractivity contribution in [1.29, 1.82) is 0 Å². The predicted molar refractivity (Wildman–Crippen MR) is 49.0 cm³/mol. The summed E-state index contributed by atoms with van der Waals surface area (Å²) in [5.74, 6) is 0.675. The van der Waals surface area contributed by atoms with Gasteiger partial charge in [0.1, 0.15) is 0 Å². The van der Waals surface area contributed by atoms with Gasteiger partial charge in [-0.15, -0.1) is 0 Å². The zero-order chi connectivity index (χ0) is 8.97. The molecule has 0 saturated heterocycles. The smallest absolute Gasteiger partial charge is 0.222 e. The average molecular weight is 166 g/mol. The molecule has 0 amide bonds. The molecule has 0 aliphatic rings. The Morgan fingerprint density at radius 1 is 1.50 bits per heavy atom. The quantitative estimate of drug-likeness (QED) is 0.713. The van der Waals surface area contributed by atoms with Crippen molar-refractivity contribution in [3.05, 3.63) is 18.0 Å². The molecule has 1 rings (SSSR count). The Morgan fingerprint density at radius 2 is 2.25 bits per heavy atom. The van der Waals surface area contributed by atoms with Gasteiger partial charge in [-0.1, -0.05) is 0 Å². The summed E-state index contributed by atoms with van der Waals surface area (Å²) in [7, 11) is 5.84. The SMILES string of the molecule is CNc1nccc(CN(C)C)n1. The Hall–Kier alpha value is -1.16. The zero-order valence-corrected chi connectivity index (χ0v) is 7.70. The van der Waals surface area contributed by atoms with Gasteiger partial charge in [-0.25, -0.2) is 9.97 Å². The van der Waals surface area contributed by atoms with E-state index in [0.29, 0.717) is 5.95 Å². The second-order valence-electron chi connectivity index (χ2n) is 2.86. The van der Waals surface area contributed by atoms with E-state index in [0.717, 1.165) is 12.2 Å². The molecule has 0 radical (unpaired) electrons. The number of nitrogens with zero attached hydrogens (tertiary/aromatic N) is 3. The lowest BCUT2D eigenvalue weighted by Gasteiger charge is -2.08. The molecular formula is C8H14N4. The minimum atomic E-state index is 0.675. The second-order valence-corrected chi connectivity index (χ2v) is 2.86. The predicted octanol–water partition coefficient (Wildman–Crippen LogP) is 0.580. The second kappa shape index (κ2) is 4.01. The van der Waals surface area contributed by atoms with Gasteiger partial charge < -0.3 is 10.2 Å². The molecule has 1 aromatic heterocycles. The summed E-state index contributed by atoms with van der Waals surface area (Å²) < 4.78 is 0. The van der Waals surface area contributed by atoms with Gasteiger partial charge in [0.15, 0.2) is 0 Å². The minimum Gasteiger partial charge on any atom is -0.357 e. The van der Waals surface area contributed by atoms with Crippen molar-refractivity contribution < 1.29 is 0 Å². The molecule has 1 aromatic rings. The van der Waals surface area contributed by atoms with E-state index in [4.69, 9.17) is 0 Å². The minimum absolute atomic E-state index is 0.675. The molecule has 66 valence electrons. The Bertz CT molecular complexity index is 247. The van der Waals surface area contributed by atoms with Crippen LogP contribution in [-0.2, 0) is 6.54 Å². The summed E-state index contributed by atoms with van der Waals surface area (Å²) in [6.07, 6.45) is 1.76. The van der Waals surface area contributed by atoms with Crippen LogP contribution in [0.25, 0.3) is 0 Å². The topological polar surface area (TPSA) is 41.1 Å². The van der Waals surface area contributed by atoms with Crippen LogP contribution in [0.15, 0.2) is 12.3 Å². The molecular weight excluding hydrogens is 152 g/mol. The lowest BCUT2D eigenvalue weighted by Crippen LogP contribution is -2.12. The number of hydrogen-bond acceptors (Lipinski definition) is 4. The first-order chi connectivity index (χ1) is 5.72. The van der Waals surface area contributed by atoms with Crippen LogP contribution in [0.1, 0.15) is 5.69 Å². The molecule has 0 aliphatic carbocycles. The summed E-state index contributed by atoms with van der Waals surface area (Å²) in [5, 5.41) is 2.90. The van der Waals surface area contributed by atoms with Gasteiger partial charge in [0.05, 0.1) is 5.69 Å². The van der Waals surface area contributed by atoms with Crippen LogP contribution in [0.2, 0.25) is 0 Å². The Morgan fingerprint density at radius 3 is 2.83 bits per heavy atom. The maximum absolute atomic E-state index is 4.27. The van der Waals surface area contributed by atoms with Gasteiger partial charge in [0.25, 0.3) is 0 Å². The molecule has 12 heavy (non-hydrogen) atoms. The molecule has 0 aromatic carbocycles. The third-order valence-electron chi connectivity index (χ3n) is 1.42. The van der Waals surface area contributed by atoms with Gasteiger partial charge >= 0.3 is 0 Å². The van der Waals surface area contributed by atoms with Crippen LogP contribution in [-0.4, -0.2) is 36.0 Å². The third kappa shape index (κ3) is 2.47. The first-order valence-corrected chi connectivity index (χ1v) is 3.87. The van der Waals surface area contributed by atoms with E-state index in [1.54, 1.807) is 6.20 Å². The maximum atomic E-state index is 4.27. The fourth-order valence-electron chi connectivity index (χ4n) is 0.929. The molecule has 1 N–H and O–H groups in total. The highest BCUT2D eigenvalue weighted by molar-refractivity contribution is 5.23. The fraction of sp³-hybridized carbons (Fsp3) is 0.500. The molecule has 4 heteroatoms. The van der Waals surface area contributed by atoms with Gasteiger partial charge in [-0.2, -0.15) is 0 Å². The first-order valence-electron chi connectivity index (χ1n) is 3.87. The van der Waals surface area contributed by atoms with Crippen LogP contribution in [0.5, 0.6) is 0 Å². The van der Waals surface area contributed by atoms with Crippen LogP contribution in [0.3, 0.4) is 0 Å². The van der Waals surface area contributed by atoms with E-state index in [9.17, 15) is 0 Å². The normalized spacial score (nSPS) is 10.3. The largest absolute Gasteiger partial charge is 0.357 e. The summed E-state index contributed by atoms with van der Waals surface area (Å²) in [6.45, 7) is 0.844. The summed E-state index contributed by atoms with van der Waals surface area (Å²) in [4.78, 5) is 10.4. The van der Waals surface area contributed by atoms with Crippen LogP contribution in [0, 0.1) is 0 Å². The van der Waals surface area contributed by atoms with Gasteiger partial charge in [0, 0.05) is 19.8 Å². The van der Waals surface area contributed by atoms with Crippen molar-refractivity contribution >= 4 is 5.95 Å². The lowest BCUT2D eigenvalue weighted by atomic mass is 10.4. The Labute approximate surface area is 72.6 Å². The highest BCUT2D eigenvalue weighted by atomic mass is 15.1. The fourth-order valence-corrected chi connectivity index (χ4v) is 0.929. The molecule has 4 nitrogen and oxygen atoms in total. The molecule has 0 saturated carbocycles. The monoisotopic (exact) mass is 166 g/mol. The first kappa shape index (κ1) is 8.93. The van der Waals surface area contributed by atoms with Crippen LogP contribution >= 0.6 is 0 Å². The lowest BCUT2D eigenvalue weighted by molar-refractivity contribution is 0.397. The van der Waals surface area contributed by atoms with Crippen LogP contribution < -0.4 is 5.32 Å². The van der Waals surface area contributed by atoms with Gasteiger partial charge in [-0.3, -0.25) is 0 Å². The van der Waals surface area contributed by atoms with Crippen molar-refractivity contribution in [2.75, 3.05) is 26.5 Å². The molecule has 1 heterocycles. The molecule has 0 bridgehead atoms. The van der Waals surface area contributed by atoms with Crippen molar-refractivity contribution in [3.63, 3.8) is 0 Å². The molecule has 0 spiro atoms. The van der Waals surface area contributed by atoms with Crippen molar-refractivity contribution in [3.8, 4) is 0 Å². The van der Waals surface area contributed by atoms with E-state index in [-0.39, 0.29) is 0 Å². The highest BCUT2D eigenvalue weighted by Crippen LogP contribution is 2.00. The molecule has 0 atom stereocenters. The summed E-state index contributed by atoms with van der Waals surface area (Å²) in [6, 6.07) is 1.92. The number of nitrogens with one attached hydrogen (secondary N) is 1. The molecule has 0 fully saturated rings. The van der Waals surface area contributed by atoms with Crippen molar-refractivity contribution in [1.82, 2.24) is 14.9 Å². The van der Waals surface area contributed by atoms with Gasteiger partial charge in [0.2, 0.25) is 5.95 Å². The van der Waals surface area contributed by atoms with Crippen LogP contribution in [0.4, 0.5) is 5.95 Å². The van der Waals surface area contributed by atoms with Gasteiger partial charge in [-0.05, 0) is 20.2 Å². The Balaban J connectivity index is 2.72. The number of anilines is 1. The zero-order valence-electron chi connectivity index (χ0n) is 7.70. The van der Waals surface area contributed by atoms with Crippen molar-refractivity contribution in [2.24, 2.45) is 0 Å². The average Bonchev–Trinajstić information content (AvgIpc) is 2.03. The van der Waals surface area contributed by atoms with Crippen molar-refractivity contribution in [2.45, 2.75) is 6.54 Å². The van der Waals surface area contributed by atoms with E-state index in [1.807, 2.05) is 27.2 Å². The van der Waals surface area contributed by atoms with E-state index in [2.05, 4.69) is 20.2 Å². The highest BCUT2D eigenvalue weighted by Gasteiger charge is 1.97. The van der Waals surface area contributed by atoms with E-state index in [1.165, 1.54) is 0 Å². The molecule has 0 unspecified atom stereocenters. The standard InChI is InChI=1S/C8H14N4/c1-9-8-10-5-4-7(11-8)6-12(2)3/h4-5H,6H2,1-3H3,(H,9,10,11). The summed E-state index contributed by atoms with van der Waals surface area (Å²) >= 11 is 0. The third-order valence-corrected chi connectivity index (χ3v) is 1.42. The number of rotatable bonds is 3.